The van der Waals surface area contributed by atoms with Crippen LogP contribution in [0.5, 0.6) is 0 Å². The van der Waals surface area contributed by atoms with E-state index in [4.69, 9.17) is 0 Å². The van der Waals surface area contributed by atoms with Gasteiger partial charge in [0.15, 0.2) is 0 Å². The van der Waals surface area contributed by atoms with Crippen molar-refractivity contribution in [2.75, 3.05) is 54.4 Å². The summed E-state index contributed by atoms with van der Waals surface area (Å²) in [5.74, 6) is 1.66. The van der Waals surface area contributed by atoms with Crippen LogP contribution in [0.4, 0.5) is 0 Å². The van der Waals surface area contributed by atoms with E-state index in [2.05, 4.69) is 55.9 Å². The van der Waals surface area contributed by atoms with Crippen LogP contribution >= 0.6 is 0 Å². The predicted octanol–water partition coefficient (Wildman–Crippen LogP) is 2.45. The summed E-state index contributed by atoms with van der Waals surface area (Å²) < 4.78 is 2.40. The Kier molecular flexibility index (Phi) is 2.97. The quantitative estimate of drug-likeness (QED) is 0.631. The fourth-order valence-electron chi connectivity index (χ4n) is 5.59. The van der Waals surface area contributed by atoms with Gasteiger partial charge in [-0.15, -0.1) is 0 Å². The molecule has 2 heteroatoms. The summed E-state index contributed by atoms with van der Waals surface area (Å²) in [6.07, 6.45) is 0. The average Bonchev–Trinajstić information content (AvgIpc) is 2.46. The monoisotopic (exact) mass is 254 g/mol. The zero-order valence-corrected chi connectivity index (χ0v) is 13.9. The van der Waals surface area contributed by atoms with E-state index in [1.807, 2.05) is 0 Å². The first-order valence-corrected chi connectivity index (χ1v) is 7.56. The second kappa shape index (κ2) is 3.73. The minimum absolute atomic E-state index is 0.488. The molecule has 0 radical (unpaired) electrons. The third-order valence-corrected chi connectivity index (χ3v) is 6.53. The molecule has 2 saturated heterocycles. The zero-order valence-electron chi connectivity index (χ0n) is 13.9. The van der Waals surface area contributed by atoms with E-state index < -0.39 is 0 Å². The van der Waals surface area contributed by atoms with Crippen LogP contribution in [-0.2, 0) is 0 Å². The molecule has 2 aliphatic rings. The van der Waals surface area contributed by atoms with Crippen LogP contribution < -0.4 is 0 Å². The van der Waals surface area contributed by atoms with Crippen molar-refractivity contribution in [1.82, 2.24) is 0 Å². The molecule has 0 amide bonds. The number of nitrogens with zero attached hydrogens (tertiary/aromatic N) is 2. The molecule has 0 bridgehead atoms. The smallest absolute Gasteiger partial charge is 0.0849 e. The summed E-state index contributed by atoms with van der Waals surface area (Å²) in [4.78, 5) is 0. The molecule has 0 spiro atoms. The highest BCUT2D eigenvalue weighted by Crippen LogP contribution is 2.57. The van der Waals surface area contributed by atoms with Gasteiger partial charge in [0.2, 0.25) is 0 Å². The summed E-state index contributed by atoms with van der Waals surface area (Å²) in [6.45, 7) is 15.5. The van der Waals surface area contributed by atoms with Gasteiger partial charge in [-0.1, -0.05) is 27.7 Å². The Morgan fingerprint density at radius 3 is 1.17 bits per heavy atom. The van der Waals surface area contributed by atoms with Crippen LogP contribution in [0.15, 0.2) is 0 Å². The van der Waals surface area contributed by atoms with Gasteiger partial charge in [0.25, 0.3) is 0 Å². The highest BCUT2D eigenvalue weighted by Gasteiger charge is 2.64. The molecular formula is C16H34N2+2. The van der Waals surface area contributed by atoms with Crippen LogP contribution in [-0.4, -0.2) is 63.3 Å². The Balaban J connectivity index is 2.36. The molecule has 0 N–H and O–H groups in total. The highest BCUT2D eigenvalue weighted by atomic mass is 15.4. The molecule has 0 aromatic carbocycles. The molecular weight excluding hydrogens is 220 g/mol. The lowest BCUT2D eigenvalue weighted by atomic mass is 9.57. The van der Waals surface area contributed by atoms with Crippen LogP contribution in [0.1, 0.15) is 27.7 Å². The Morgan fingerprint density at radius 1 is 0.722 bits per heavy atom. The summed E-state index contributed by atoms with van der Waals surface area (Å²) in [5, 5.41) is 0. The second-order valence-electron chi connectivity index (χ2n) is 9.19. The van der Waals surface area contributed by atoms with Crippen molar-refractivity contribution in [3.63, 3.8) is 0 Å². The summed E-state index contributed by atoms with van der Waals surface area (Å²) in [7, 11) is 9.63. The van der Waals surface area contributed by atoms with Gasteiger partial charge >= 0.3 is 0 Å². The molecule has 2 aliphatic heterocycles. The second-order valence-corrected chi connectivity index (χ2v) is 9.19. The molecule has 2 fully saturated rings. The minimum Gasteiger partial charge on any atom is -0.328 e. The maximum absolute atomic E-state index is 2.58. The van der Waals surface area contributed by atoms with Crippen molar-refractivity contribution in [2.45, 2.75) is 27.7 Å². The van der Waals surface area contributed by atoms with Gasteiger partial charge in [-0.3, -0.25) is 0 Å². The van der Waals surface area contributed by atoms with E-state index in [-0.39, 0.29) is 0 Å². The average molecular weight is 254 g/mol. The number of quaternary nitrogens is 2. The van der Waals surface area contributed by atoms with Gasteiger partial charge in [0, 0.05) is 22.7 Å². The van der Waals surface area contributed by atoms with E-state index in [9.17, 15) is 0 Å². The van der Waals surface area contributed by atoms with E-state index in [1.54, 1.807) is 0 Å². The summed E-state index contributed by atoms with van der Waals surface area (Å²) in [5.41, 5.74) is 0.976. The van der Waals surface area contributed by atoms with Crippen molar-refractivity contribution in [3.05, 3.63) is 0 Å². The van der Waals surface area contributed by atoms with Crippen LogP contribution in [0, 0.1) is 22.7 Å². The summed E-state index contributed by atoms with van der Waals surface area (Å²) in [6, 6.07) is 0. The molecule has 0 saturated carbocycles. The molecule has 0 aromatic heterocycles. The topological polar surface area (TPSA) is 0 Å². The minimum atomic E-state index is 0.488. The Labute approximate surface area is 114 Å². The standard InChI is InChI=1S/C16H34N2/c1-13-9-17(5,6)11-15(13,3)16(4)12-18(7,8)10-14(16)2/h13-14H,9-12H2,1-8H3/q+2. The fourth-order valence-corrected chi connectivity index (χ4v) is 5.59. The fraction of sp³-hybridized carbons (Fsp3) is 1.00. The highest BCUT2D eigenvalue weighted by molar-refractivity contribution is 5.02. The first kappa shape index (κ1) is 14.3. The van der Waals surface area contributed by atoms with Crippen molar-refractivity contribution in [3.8, 4) is 0 Å². The van der Waals surface area contributed by atoms with Gasteiger partial charge in [0.05, 0.1) is 54.4 Å². The molecule has 4 unspecified atom stereocenters. The maximum Gasteiger partial charge on any atom is 0.0849 e. The molecule has 2 rings (SSSR count). The van der Waals surface area contributed by atoms with E-state index in [0.29, 0.717) is 10.8 Å². The van der Waals surface area contributed by atoms with E-state index in [1.165, 1.54) is 35.1 Å². The van der Waals surface area contributed by atoms with Gasteiger partial charge in [0.1, 0.15) is 0 Å². The lowest BCUT2D eigenvalue weighted by Crippen LogP contribution is -2.50. The molecule has 2 heterocycles. The van der Waals surface area contributed by atoms with E-state index >= 15 is 0 Å². The number of hydrogen-bond donors (Lipinski definition) is 0. The van der Waals surface area contributed by atoms with Gasteiger partial charge < -0.3 is 8.97 Å². The molecule has 4 atom stereocenters. The summed E-state index contributed by atoms with van der Waals surface area (Å²) >= 11 is 0. The Hall–Kier alpha value is -0.0800. The van der Waals surface area contributed by atoms with Gasteiger partial charge in [-0.2, -0.15) is 0 Å². The van der Waals surface area contributed by atoms with Crippen molar-refractivity contribution in [2.24, 2.45) is 22.7 Å². The largest absolute Gasteiger partial charge is 0.328 e. The number of hydrogen-bond acceptors (Lipinski definition) is 0. The molecule has 18 heavy (non-hydrogen) atoms. The van der Waals surface area contributed by atoms with Gasteiger partial charge in [-0.05, 0) is 0 Å². The third-order valence-electron chi connectivity index (χ3n) is 6.53. The van der Waals surface area contributed by atoms with E-state index in [0.717, 1.165) is 11.8 Å². The maximum atomic E-state index is 2.58. The SMILES string of the molecule is CC1C[N+](C)(C)CC1(C)C1(C)C[N+](C)(C)CC1C. The van der Waals surface area contributed by atoms with Gasteiger partial charge in [-0.25, -0.2) is 0 Å². The molecule has 2 nitrogen and oxygen atoms in total. The van der Waals surface area contributed by atoms with Crippen LogP contribution in [0.25, 0.3) is 0 Å². The van der Waals surface area contributed by atoms with Crippen molar-refractivity contribution < 1.29 is 8.97 Å². The molecule has 106 valence electrons. The third kappa shape index (κ3) is 1.92. The van der Waals surface area contributed by atoms with Crippen molar-refractivity contribution in [1.29, 1.82) is 0 Å². The lowest BCUT2D eigenvalue weighted by molar-refractivity contribution is -0.887. The van der Waals surface area contributed by atoms with Crippen LogP contribution in [0.3, 0.4) is 0 Å². The first-order valence-electron chi connectivity index (χ1n) is 7.56. The lowest BCUT2D eigenvalue weighted by Gasteiger charge is -2.44. The first-order chi connectivity index (χ1) is 7.92. The normalized spacial score (nSPS) is 50.7. The molecule has 0 aliphatic carbocycles. The predicted molar refractivity (Wildman–Crippen MR) is 78.2 cm³/mol. The Morgan fingerprint density at radius 2 is 1.00 bits per heavy atom. The zero-order chi connectivity index (χ0) is 14.0. The number of likely N-dealkylation sites (tertiary alicyclic amines) is 2. The Bertz CT molecular complexity index is 313. The molecule has 0 aromatic rings. The number of rotatable bonds is 1. The van der Waals surface area contributed by atoms with Crippen molar-refractivity contribution >= 4 is 0 Å². The van der Waals surface area contributed by atoms with Crippen LogP contribution in [0.2, 0.25) is 0 Å².